The Morgan fingerprint density at radius 2 is 0.746 bits per heavy atom. The van der Waals surface area contributed by atoms with Crippen molar-refractivity contribution >= 4 is 65.6 Å². The first-order valence-electron chi connectivity index (χ1n) is 21.2. The Labute approximate surface area is 361 Å². The SMILES string of the molecule is c1ccc(-c2ccc3c4ccccc4n(-c4nc(-c5ccccc5-c5ccc6oc7ccccc7c6c5)nc(-n5c6ccccc6c6ccc(-c7ccccc7)cc65)n4)c3c2)cc1. The first-order chi connectivity index (χ1) is 31.2. The Kier molecular flexibility index (Phi) is 7.80. The third-order valence-corrected chi connectivity index (χ3v) is 12.4. The van der Waals surface area contributed by atoms with Crippen molar-refractivity contribution in [3.8, 4) is 56.7 Å². The first-order valence-corrected chi connectivity index (χ1v) is 21.2. The van der Waals surface area contributed by atoms with Gasteiger partial charge in [-0.15, -0.1) is 0 Å². The van der Waals surface area contributed by atoms with Gasteiger partial charge in [0, 0.05) is 37.9 Å². The van der Waals surface area contributed by atoms with Gasteiger partial charge in [-0.25, -0.2) is 0 Å². The van der Waals surface area contributed by atoms with E-state index in [4.69, 9.17) is 19.4 Å². The Morgan fingerprint density at radius 3 is 1.35 bits per heavy atom. The largest absolute Gasteiger partial charge is 0.456 e. The normalized spacial score (nSPS) is 11.8. The molecule has 0 atom stereocenters. The van der Waals surface area contributed by atoms with Crippen LogP contribution in [0.5, 0.6) is 0 Å². The molecule has 0 aliphatic rings. The van der Waals surface area contributed by atoms with Crippen LogP contribution in [0.25, 0.3) is 122 Å². The summed E-state index contributed by atoms with van der Waals surface area (Å²) in [7, 11) is 0. The van der Waals surface area contributed by atoms with Crippen molar-refractivity contribution in [1.29, 1.82) is 0 Å². The van der Waals surface area contributed by atoms with Crippen LogP contribution in [0, 0.1) is 0 Å². The summed E-state index contributed by atoms with van der Waals surface area (Å²) in [5, 5.41) is 6.65. The molecular formula is C57H35N5O. The van der Waals surface area contributed by atoms with Gasteiger partial charge in [0.25, 0.3) is 0 Å². The lowest BCUT2D eigenvalue weighted by atomic mass is 9.97. The topological polar surface area (TPSA) is 61.7 Å². The highest BCUT2D eigenvalue weighted by molar-refractivity contribution is 6.11. The molecular weight excluding hydrogens is 771 g/mol. The highest BCUT2D eigenvalue weighted by Crippen LogP contribution is 2.40. The van der Waals surface area contributed by atoms with E-state index >= 15 is 0 Å². The van der Waals surface area contributed by atoms with Gasteiger partial charge in [-0.3, -0.25) is 9.13 Å². The maximum absolute atomic E-state index is 6.25. The Bertz CT molecular complexity index is 3740. The molecule has 9 aromatic carbocycles. The minimum atomic E-state index is 0.530. The van der Waals surface area contributed by atoms with Gasteiger partial charge in [0.05, 0.1) is 22.1 Å². The summed E-state index contributed by atoms with van der Waals surface area (Å²) < 4.78 is 10.7. The van der Waals surface area contributed by atoms with Crippen LogP contribution in [0.15, 0.2) is 217 Å². The molecule has 4 aromatic heterocycles. The summed E-state index contributed by atoms with van der Waals surface area (Å²) in [6.45, 7) is 0. The average Bonchev–Trinajstić information content (AvgIpc) is 4.01. The molecule has 0 saturated carbocycles. The predicted molar refractivity (Wildman–Crippen MR) is 258 cm³/mol. The molecule has 0 bridgehead atoms. The highest BCUT2D eigenvalue weighted by atomic mass is 16.3. The second-order valence-corrected chi connectivity index (χ2v) is 16.0. The number of hydrogen-bond acceptors (Lipinski definition) is 4. The maximum atomic E-state index is 6.25. The van der Waals surface area contributed by atoms with E-state index in [0.717, 1.165) is 104 Å². The van der Waals surface area contributed by atoms with Crippen molar-refractivity contribution in [2.75, 3.05) is 0 Å². The Balaban J connectivity index is 1.11. The highest BCUT2D eigenvalue weighted by Gasteiger charge is 2.23. The summed E-state index contributed by atoms with van der Waals surface area (Å²) in [5.74, 6) is 1.63. The monoisotopic (exact) mass is 805 g/mol. The third-order valence-electron chi connectivity index (χ3n) is 12.4. The molecule has 0 spiro atoms. The van der Waals surface area contributed by atoms with E-state index in [2.05, 4.69) is 209 Å². The lowest BCUT2D eigenvalue weighted by molar-refractivity contribution is 0.669. The molecule has 13 rings (SSSR count). The second kappa shape index (κ2) is 14.0. The molecule has 13 aromatic rings. The molecule has 4 heterocycles. The fourth-order valence-corrected chi connectivity index (χ4v) is 9.49. The summed E-state index contributed by atoms with van der Waals surface area (Å²) in [5.41, 5.74) is 13.2. The molecule has 0 radical (unpaired) electrons. The van der Waals surface area contributed by atoms with Crippen LogP contribution in [0.4, 0.5) is 0 Å². The van der Waals surface area contributed by atoms with E-state index in [9.17, 15) is 0 Å². The van der Waals surface area contributed by atoms with Gasteiger partial charge in [-0.2, -0.15) is 15.0 Å². The van der Waals surface area contributed by atoms with Gasteiger partial charge in [0.2, 0.25) is 11.9 Å². The Morgan fingerprint density at radius 1 is 0.286 bits per heavy atom. The van der Waals surface area contributed by atoms with Gasteiger partial charge in [0.1, 0.15) is 11.2 Å². The van der Waals surface area contributed by atoms with Gasteiger partial charge in [-0.1, -0.05) is 170 Å². The number of hydrogen-bond donors (Lipinski definition) is 0. The number of nitrogens with zero attached hydrogens (tertiary/aromatic N) is 5. The summed E-state index contributed by atoms with van der Waals surface area (Å²) in [6.07, 6.45) is 0. The molecule has 0 aliphatic carbocycles. The fraction of sp³-hybridized carbons (Fsp3) is 0. The summed E-state index contributed by atoms with van der Waals surface area (Å²) in [6, 6.07) is 74.5. The zero-order valence-electron chi connectivity index (χ0n) is 33.9. The van der Waals surface area contributed by atoms with E-state index in [1.54, 1.807) is 0 Å². The molecule has 0 saturated heterocycles. The average molecular weight is 806 g/mol. The molecule has 6 heteroatoms. The zero-order chi connectivity index (χ0) is 41.4. The molecule has 63 heavy (non-hydrogen) atoms. The van der Waals surface area contributed by atoms with Crippen molar-refractivity contribution < 1.29 is 4.42 Å². The lowest BCUT2D eigenvalue weighted by Gasteiger charge is -2.15. The fourth-order valence-electron chi connectivity index (χ4n) is 9.49. The Hall–Kier alpha value is -8.61. The quantitative estimate of drug-likeness (QED) is 0.168. The van der Waals surface area contributed by atoms with Crippen LogP contribution >= 0.6 is 0 Å². The number of furan rings is 1. The van der Waals surface area contributed by atoms with E-state index < -0.39 is 0 Å². The standard InChI is InChI=1S/C57H35N5O/c1-3-15-36(16-4-1)38-27-30-44-42-20-9-12-24-49(42)61(51(44)34-38)56-58-55(47-23-8-7-19-41(47)40-29-32-54-48(33-40)46-22-11-14-26-53(46)63-54)59-57(60-56)62-50-25-13-10-21-43(50)45-31-28-39(35-52(45)62)37-17-5-2-6-18-37/h1-35H. The predicted octanol–water partition coefficient (Wildman–Crippen LogP) is 14.6. The molecule has 0 unspecified atom stereocenters. The van der Waals surface area contributed by atoms with Crippen molar-refractivity contribution in [2.24, 2.45) is 0 Å². The lowest BCUT2D eigenvalue weighted by Crippen LogP contribution is -2.10. The zero-order valence-corrected chi connectivity index (χ0v) is 33.9. The van der Waals surface area contributed by atoms with Crippen LogP contribution in [-0.2, 0) is 0 Å². The van der Waals surface area contributed by atoms with Gasteiger partial charge in [0.15, 0.2) is 5.82 Å². The van der Waals surface area contributed by atoms with Crippen molar-refractivity contribution in [1.82, 2.24) is 24.1 Å². The molecule has 0 aliphatic heterocycles. The van der Waals surface area contributed by atoms with E-state index in [-0.39, 0.29) is 0 Å². The number of benzene rings is 9. The van der Waals surface area contributed by atoms with Crippen molar-refractivity contribution in [3.05, 3.63) is 212 Å². The first kappa shape index (κ1) is 35.2. The van der Waals surface area contributed by atoms with Gasteiger partial charge in [-0.05, 0) is 75.8 Å². The van der Waals surface area contributed by atoms with Crippen LogP contribution in [0.2, 0.25) is 0 Å². The molecule has 0 amide bonds. The van der Waals surface area contributed by atoms with E-state index in [1.807, 2.05) is 12.1 Å². The van der Waals surface area contributed by atoms with E-state index in [1.165, 1.54) is 0 Å². The number of para-hydroxylation sites is 3. The van der Waals surface area contributed by atoms with Crippen molar-refractivity contribution in [3.63, 3.8) is 0 Å². The molecule has 0 N–H and O–H groups in total. The van der Waals surface area contributed by atoms with Gasteiger partial charge >= 0.3 is 0 Å². The summed E-state index contributed by atoms with van der Waals surface area (Å²) >= 11 is 0. The van der Waals surface area contributed by atoms with E-state index in [0.29, 0.717) is 17.7 Å². The smallest absolute Gasteiger partial charge is 0.240 e. The number of rotatable bonds is 6. The third kappa shape index (κ3) is 5.62. The molecule has 0 fully saturated rings. The minimum Gasteiger partial charge on any atom is -0.456 e. The van der Waals surface area contributed by atoms with Crippen LogP contribution in [0.3, 0.4) is 0 Å². The van der Waals surface area contributed by atoms with Crippen LogP contribution < -0.4 is 0 Å². The minimum absolute atomic E-state index is 0.530. The van der Waals surface area contributed by atoms with Crippen LogP contribution in [-0.4, -0.2) is 24.1 Å². The number of aromatic nitrogens is 5. The van der Waals surface area contributed by atoms with Gasteiger partial charge < -0.3 is 4.42 Å². The second-order valence-electron chi connectivity index (χ2n) is 16.0. The van der Waals surface area contributed by atoms with Crippen LogP contribution in [0.1, 0.15) is 0 Å². The van der Waals surface area contributed by atoms with Crippen molar-refractivity contribution in [2.45, 2.75) is 0 Å². The maximum Gasteiger partial charge on any atom is 0.240 e. The summed E-state index contributed by atoms with van der Waals surface area (Å²) in [4.78, 5) is 16.5. The molecule has 294 valence electrons. The number of fused-ring (bicyclic) bond motifs is 9. The molecule has 6 nitrogen and oxygen atoms in total.